The fourth-order valence-electron chi connectivity index (χ4n) is 4.90. The third-order valence-electron chi connectivity index (χ3n) is 6.80. The fraction of sp³-hybridized carbons (Fsp3) is 0.240. The Bertz CT molecular complexity index is 1350. The Morgan fingerprint density at radius 3 is 2.74 bits per heavy atom. The van der Waals surface area contributed by atoms with Crippen molar-refractivity contribution in [3.63, 3.8) is 0 Å². The average Bonchev–Trinajstić information content (AvgIpc) is 3.25. The van der Waals surface area contributed by atoms with Crippen LogP contribution in [0.25, 0.3) is 11.3 Å². The van der Waals surface area contributed by atoms with Crippen LogP contribution in [0, 0.1) is 11.6 Å². The Labute approximate surface area is 205 Å². The van der Waals surface area contributed by atoms with E-state index in [1.54, 1.807) is 11.0 Å². The minimum Gasteiger partial charge on any atom is -0.355 e. The molecular weight excluding hydrogens is 476 g/mol. The first-order valence-electron chi connectivity index (χ1n) is 11.1. The lowest BCUT2D eigenvalue weighted by Crippen LogP contribution is -2.53. The van der Waals surface area contributed by atoms with Crippen molar-refractivity contribution in [3.8, 4) is 11.3 Å². The van der Waals surface area contributed by atoms with Crippen molar-refractivity contribution >= 4 is 34.8 Å². The molecule has 4 heterocycles. The van der Waals surface area contributed by atoms with Crippen LogP contribution in [0.4, 0.5) is 20.2 Å². The summed E-state index contributed by atoms with van der Waals surface area (Å²) >= 11 is 5.97. The van der Waals surface area contributed by atoms with E-state index in [0.717, 1.165) is 6.20 Å². The summed E-state index contributed by atoms with van der Waals surface area (Å²) in [7, 11) is 0. The maximum Gasteiger partial charge on any atom is 0.255 e. The number of halogens is 3. The highest BCUT2D eigenvalue weighted by atomic mass is 35.5. The summed E-state index contributed by atoms with van der Waals surface area (Å²) in [5, 5.41) is 5.84. The number of pyridine rings is 1. The Hall–Kier alpha value is -3.72. The molecule has 1 aromatic carbocycles. The summed E-state index contributed by atoms with van der Waals surface area (Å²) in [5.41, 5.74) is 1.18. The molecule has 0 bridgehead atoms. The van der Waals surface area contributed by atoms with E-state index in [1.807, 2.05) is 0 Å². The molecule has 1 saturated heterocycles. The van der Waals surface area contributed by atoms with Crippen molar-refractivity contribution in [3.05, 3.63) is 77.2 Å². The van der Waals surface area contributed by atoms with E-state index < -0.39 is 17.0 Å². The molecule has 2 aromatic heterocycles. The van der Waals surface area contributed by atoms with E-state index in [9.17, 15) is 18.4 Å². The number of anilines is 2. The largest absolute Gasteiger partial charge is 0.355 e. The van der Waals surface area contributed by atoms with Crippen LogP contribution >= 0.6 is 11.6 Å². The Morgan fingerprint density at radius 1 is 1.26 bits per heavy atom. The van der Waals surface area contributed by atoms with Crippen molar-refractivity contribution in [1.82, 2.24) is 20.2 Å². The van der Waals surface area contributed by atoms with Gasteiger partial charge < -0.3 is 20.5 Å². The van der Waals surface area contributed by atoms with Crippen LogP contribution in [0.15, 0.2) is 49.3 Å². The number of likely N-dealkylation sites (tertiary alicyclic amines) is 1. The number of nitrogens with zero attached hydrogens (tertiary/aromatic N) is 2. The first-order valence-corrected chi connectivity index (χ1v) is 11.5. The zero-order valence-corrected chi connectivity index (χ0v) is 19.4. The molecule has 0 unspecified atom stereocenters. The number of carbonyl (C=O) groups excluding carboxylic acids is 2. The summed E-state index contributed by atoms with van der Waals surface area (Å²) in [6.45, 7) is 4.86. The summed E-state index contributed by atoms with van der Waals surface area (Å²) in [6, 6.07) is 5.97. The molecule has 1 fully saturated rings. The van der Waals surface area contributed by atoms with Gasteiger partial charge in [-0.15, -0.1) is 0 Å². The standard InChI is InChI=1S/C25H22ClF2N5O2/c1-2-18(34)33-10-7-25(8-11-33)13-30-24(35)19-22(31-17-5-3-4-15(26)20(17)28)21(32-23(19)25)14-6-9-29-12-16(14)27/h2-6,9,12,31-32H,1,7-8,10-11,13H2,(H,30,35). The van der Waals surface area contributed by atoms with E-state index in [0.29, 0.717) is 43.9 Å². The Morgan fingerprint density at radius 2 is 2.03 bits per heavy atom. The minimum atomic E-state index is -0.688. The first kappa shape index (κ1) is 23.0. The van der Waals surface area contributed by atoms with E-state index in [-0.39, 0.29) is 39.3 Å². The molecule has 0 atom stereocenters. The molecule has 0 saturated carbocycles. The van der Waals surface area contributed by atoms with Crippen LogP contribution in [0.1, 0.15) is 28.9 Å². The SMILES string of the molecule is C=CC(=O)N1CCC2(CC1)CNC(=O)c1c2[nH]c(-c2ccncc2F)c1Nc1cccc(Cl)c1F. The summed E-state index contributed by atoms with van der Waals surface area (Å²) < 4.78 is 29.7. The molecule has 2 aliphatic rings. The zero-order valence-electron chi connectivity index (χ0n) is 18.6. The molecule has 10 heteroatoms. The van der Waals surface area contributed by atoms with Crippen LogP contribution < -0.4 is 10.6 Å². The van der Waals surface area contributed by atoms with Gasteiger partial charge in [0.1, 0.15) is 0 Å². The molecular formula is C25H22ClF2N5O2. The summed E-state index contributed by atoms with van der Waals surface area (Å²) in [5.74, 6) is -1.80. The van der Waals surface area contributed by atoms with Crippen molar-refractivity contribution in [2.75, 3.05) is 25.0 Å². The van der Waals surface area contributed by atoms with Gasteiger partial charge in [0, 0.05) is 42.5 Å². The number of fused-ring (bicyclic) bond motifs is 2. The monoisotopic (exact) mass is 497 g/mol. The van der Waals surface area contributed by atoms with Crippen LogP contribution in [-0.2, 0) is 10.2 Å². The molecule has 180 valence electrons. The lowest BCUT2D eigenvalue weighted by Gasteiger charge is -2.43. The van der Waals surface area contributed by atoms with Gasteiger partial charge in [-0.05, 0) is 37.1 Å². The quantitative estimate of drug-likeness (QED) is 0.462. The predicted octanol–water partition coefficient (Wildman–Crippen LogP) is 4.54. The number of hydrogen-bond donors (Lipinski definition) is 3. The van der Waals surface area contributed by atoms with Crippen LogP contribution in [0.2, 0.25) is 5.02 Å². The minimum absolute atomic E-state index is 0.0498. The van der Waals surface area contributed by atoms with Crippen molar-refractivity contribution in [2.24, 2.45) is 0 Å². The second-order valence-electron chi connectivity index (χ2n) is 8.70. The van der Waals surface area contributed by atoms with Gasteiger partial charge in [0.25, 0.3) is 5.91 Å². The highest BCUT2D eigenvalue weighted by Crippen LogP contribution is 2.46. The maximum atomic E-state index is 14.9. The molecule has 0 aliphatic carbocycles. The number of nitrogens with one attached hydrogen (secondary N) is 3. The number of piperidine rings is 1. The third kappa shape index (κ3) is 3.85. The number of aromatic nitrogens is 2. The normalized spacial score (nSPS) is 16.5. The molecule has 5 rings (SSSR count). The van der Waals surface area contributed by atoms with Gasteiger partial charge in [0.15, 0.2) is 11.6 Å². The predicted molar refractivity (Wildman–Crippen MR) is 129 cm³/mol. The molecule has 2 amide bonds. The van der Waals surface area contributed by atoms with Crippen LogP contribution in [-0.4, -0.2) is 46.3 Å². The smallest absolute Gasteiger partial charge is 0.255 e. The van der Waals surface area contributed by atoms with E-state index in [2.05, 4.69) is 27.2 Å². The van der Waals surface area contributed by atoms with E-state index in [1.165, 1.54) is 30.5 Å². The highest BCUT2D eigenvalue weighted by molar-refractivity contribution is 6.31. The van der Waals surface area contributed by atoms with Crippen LogP contribution in [0.3, 0.4) is 0 Å². The van der Waals surface area contributed by atoms with Gasteiger partial charge in [-0.25, -0.2) is 8.78 Å². The first-order chi connectivity index (χ1) is 16.8. The van der Waals surface area contributed by atoms with Gasteiger partial charge in [-0.1, -0.05) is 24.2 Å². The second-order valence-corrected chi connectivity index (χ2v) is 9.11. The molecule has 3 aromatic rings. The fourth-order valence-corrected chi connectivity index (χ4v) is 5.08. The lowest BCUT2D eigenvalue weighted by atomic mass is 9.72. The molecule has 0 radical (unpaired) electrons. The number of hydrogen-bond acceptors (Lipinski definition) is 4. The van der Waals surface area contributed by atoms with E-state index in [4.69, 9.17) is 11.6 Å². The van der Waals surface area contributed by atoms with Gasteiger partial charge in [0.05, 0.1) is 33.9 Å². The maximum absolute atomic E-state index is 14.9. The summed E-state index contributed by atoms with van der Waals surface area (Å²) in [4.78, 5) is 34.1. The van der Waals surface area contributed by atoms with Gasteiger partial charge in [-0.2, -0.15) is 0 Å². The van der Waals surface area contributed by atoms with Gasteiger partial charge >= 0.3 is 0 Å². The highest BCUT2D eigenvalue weighted by Gasteiger charge is 2.46. The third-order valence-corrected chi connectivity index (χ3v) is 7.10. The number of aromatic amines is 1. The lowest BCUT2D eigenvalue weighted by molar-refractivity contribution is -0.127. The second kappa shape index (κ2) is 8.81. The van der Waals surface area contributed by atoms with Gasteiger partial charge in [0.2, 0.25) is 5.91 Å². The number of H-pyrrole nitrogens is 1. The summed E-state index contributed by atoms with van der Waals surface area (Å²) in [6.07, 6.45) is 4.95. The topological polar surface area (TPSA) is 90.1 Å². The molecule has 7 nitrogen and oxygen atoms in total. The number of amides is 2. The van der Waals surface area contributed by atoms with Crippen molar-refractivity contribution in [2.45, 2.75) is 18.3 Å². The average molecular weight is 498 g/mol. The Kier molecular flexibility index (Phi) is 5.80. The van der Waals surface area contributed by atoms with Crippen molar-refractivity contribution < 1.29 is 18.4 Å². The molecule has 2 aliphatic heterocycles. The number of benzene rings is 1. The van der Waals surface area contributed by atoms with Crippen LogP contribution in [0.5, 0.6) is 0 Å². The van der Waals surface area contributed by atoms with Crippen molar-refractivity contribution in [1.29, 1.82) is 0 Å². The molecule has 3 N–H and O–H groups in total. The molecule has 1 spiro atoms. The number of rotatable bonds is 4. The zero-order chi connectivity index (χ0) is 24.7. The molecule has 35 heavy (non-hydrogen) atoms. The van der Waals surface area contributed by atoms with Gasteiger partial charge in [-0.3, -0.25) is 14.6 Å². The number of carbonyl (C=O) groups is 2. The van der Waals surface area contributed by atoms with E-state index >= 15 is 0 Å². The Balaban J connectivity index is 1.66.